The van der Waals surface area contributed by atoms with Crippen molar-refractivity contribution in [3.63, 3.8) is 0 Å². The molecule has 1 aromatic rings. The molecule has 0 fully saturated rings. The Kier molecular flexibility index (Phi) is 3.45. The Hall–Kier alpha value is -1.71. The van der Waals surface area contributed by atoms with E-state index < -0.39 is 0 Å². The maximum atomic E-state index is 11.6. The Morgan fingerprint density at radius 2 is 2.06 bits per heavy atom. The number of para-hydroxylation sites is 1. The minimum atomic E-state index is -0.0887. The minimum absolute atomic E-state index is 0.00806. The third-order valence-electron chi connectivity index (χ3n) is 3.42. The number of nitrogens with one attached hydrogen (secondary N) is 1. The van der Waals surface area contributed by atoms with Crippen LogP contribution in [0.2, 0.25) is 0 Å². The Bertz CT molecular complexity index is 445. The van der Waals surface area contributed by atoms with Crippen LogP contribution in [0.4, 0.5) is 4.79 Å². The molecule has 0 unspecified atom stereocenters. The lowest BCUT2D eigenvalue weighted by Gasteiger charge is -2.25. The molecule has 1 aliphatic rings. The number of carbonyl (C=O) groups excluding carboxylic acids is 1. The van der Waals surface area contributed by atoms with Crippen LogP contribution < -0.4 is 10.1 Å². The van der Waals surface area contributed by atoms with Crippen LogP contribution >= 0.6 is 0 Å². The van der Waals surface area contributed by atoms with E-state index in [1.807, 2.05) is 25.1 Å². The molecule has 2 rings (SSSR count). The molecule has 1 aliphatic heterocycles. The third-order valence-corrected chi connectivity index (χ3v) is 3.42. The molecule has 0 saturated heterocycles. The lowest BCUT2D eigenvalue weighted by Crippen LogP contribution is -2.47. The second-order valence-corrected chi connectivity index (χ2v) is 5.04. The van der Waals surface area contributed by atoms with Crippen molar-refractivity contribution < 1.29 is 9.53 Å². The molecular weight excluding hydrogens is 228 g/mol. The zero-order valence-electron chi connectivity index (χ0n) is 11.3. The van der Waals surface area contributed by atoms with Crippen molar-refractivity contribution in [3.8, 4) is 5.75 Å². The van der Waals surface area contributed by atoms with Crippen molar-refractivity contribution in [2.24, 2.45) is 0 Å². The molecule has 1 heterocycles. The highest BCUT2D eigenvalue weighted by Gasteiger charge is 2.35. The first-order valence-corrected chi connectivity index (χ1v) is 6.24. The molecular formula is C14H20N2O2. The van der Waals surface area contributed by atoms with E-state index in [4.69, 9.17) is 4.74 Å². The van der Waals surface area contributed by atoms with Crippen molar-refractivity contribution in [2.75, 3.05) is 14.1 Å². The lowest BCUT2D eigenvalue weighted by atomic mass is 9.94. The summed E-state index contributed by atoms with van der Waals surface area (Å²) in [6.07, 6.45) is -0.00806. The van der Waals surface area contributed by atoms with E-state index in [1.165, 1.54) is 10.5 Å². The summed E-state index contributed by atoms with van der Waals surface area (Å²) in [7, 11) is 3.46. The average Bonchev–Trinajstić information content (AvgIpc) is 2.67. The predicted molar refractivity (Wildman–Crippen MR) is 71.0 cm³/mol. The van der Waals surface area contributed by atoms with Gasteiger partial charge in [0.05, 0.1) is 6.04 Å². The predicted octanol–water partition coefficient (Wildman–Crippen LogP) is 2.21. The number of amides is 2. The summed E-state index contributed by atoms with van der Waals surface area (Å²) in [5.74, 6) is 1.22. The van der Waals surface area contributed by atoms with Gasteiger partial charge < -0.3 is 15.0 Å². The van der Waals surface area contributed by atoms with Gasteiger partial charge in [-0.15, -0.1) is 0 Å². The molecule has 2 amide bonds. The number of carbonyl (C=O) groups is 1. The summed E-state index contributed by atoms with van der Waals surface area (Å²) in [5, 5.41) is 2.95. The largest absolute Gasteiger partial charge is 0.487 e. The maximum Gasteiger partial charge on any atom is 0.317 e. The van der Waals surface area contributed by atoms with Crippen molar-refractivity contribution in [2.45, 2.75) is 31.9 Å². The van der Waals surface area contributed by atoms with Crippen LogP contribution in [0.15, 0.2) is 24.3 Å². The Morgan fingerprint density at radius 3 is 2.67 bits per heavy atom. The molecule has 4 nitrogen and oxygen atoms in total. The van der Waals surface area contributed by atoms with E-state index in [0.717, 1.165) is 5.75 Å². The summed E-state index contributed by atoms with van der Waals surface area (Å²) in [4.78, 5) is 13.2. The number of ether oxygens (including phenoxy) is 1. The number of urea groups is 1. The first kappa shape index (κ1) is 12.7. The molecule has 0 spiro atoms. The molecule has 1 aromatic carbocycles. The van der Waals surface area contributed by atoms with Gasteiger partial charge in [-0.1, -0.05) is 25.1 Å². The second kappa shape index (κ2) is 4.88. The maximum absolute atomic E-state index is 11.6. The first-order chi connectivity index (χ1) is 8.50. The monoisotopic (exact) mass is 248 g/mol. The van der Waals surface area contributed by atoms with E-state index >= 15 is 0 Å². The molecule has 4 heteroatoms. The van der Waals surface area contributed by atoms with Crippen molar-refractivity contribution >= 4 is 6.03 Å². The van der Waals surface area contributed by atoms with Crippen molar-refractivity contribution in [1.29, 1.82) is 0 Å². The zero-order valence-corrected chi connectivity index (χ0v) is 11.3. The number of fused-ring (bicyclic) bond motifs is 1. The van der Waals surface area contributed by atoms with Gasteiger partial charge in [0.15, 0.2) is 0 Å². The van der Waals surface area contributed by atoms with E-state index in [9.17, 15) is 4.79 Å². The molecule has 18 heavy (non-hydrogen) atoms. The molecule has 3 atom stereocenters. The number of benzene rings is 1. The van der Waals surface area contributed by atoms with Gasteiger partial charge in [0.2, 0.25) is 0 Å². The van der Waals surface area contributed by atoms with Gasteiger partial charge in [0.25, 0.3) is 0 Å². The summed E-state index contributed by atoms with van der Waals surface area (Å²) in [6, 6.07) is 7.94. The molecule has 98 valence electrons. The van der Waals surface area contributed by atoms with Gasteiger partial charge in [0, 0.05) is 25.6 Å². The zero-order chi connectivity index (χ0) is 13.3. The van der Waals surface area contributed by atoms with E-state index in [2.05, 4.69) is 18.3 Å². The number of nitrogens with zero attached hydrogens (tertiary/aromatic N) is 1. The van der Waals surface area contributed by atoms with E-state index in [-0.39, 0.29) is 18.2 Å². The highest BCUT2D eigenvalue weighted by molar-refractivity contribution is 5.73. The first-order valence-electron chi connectivity index (χ1n) is 6.24. The van der Waals surface area contributed by atoms with Gasteiger partial charge in [-0.3, -0.25) is 0 Å². The lowest BCUT2D eigenvalue weighted by molar-refractivity contribution is 0.158. The highest BCUT2D eigenvalue weighted by atomic mass is 16.5. The van der Waals surface area contributed by atoms with E-state index in [1.54, 1.807) is 14.1 Å². The molecule has 0 saturated carbocycles. The summed E-state index contributed by atoms with van der Waals surface area (Å²) in [5.41, 5.74) is 1.22. The van der Waals surface area contributed by atoms with Crippen LogP contribution in [-0.2, 0) is 0 Å². The summed E-state index contributed by atoms with van der Waals surface area (Å²) >= 11 is 0. The van der Waals surface area contributed by atoms with Crippen molar-refractivity contribution in [1.82, 2.24) is 10.2 Å². The van der Waals surface area contributed by atoms with Crippen molar-refractivity contribution in [3.05, 3.63) is 29.8 Å². The fourth-order valence-corrected chi connectivity index (χ4v) is 2.33. The minimum Gasteiger partial charge on any atom is -0.487 e. The fourth-order valence-electron chi connectivity index (χ4n) is 2.33. The normalized spacial score (nSPS) is 22.9. The van der Waals surface area contributed by atoms with Crippen LogP contribution in [0.5, 0.6) is 5.75 Å². The molecule has 0 bridgehead atoms. The fraction of sp³-hybridized carbons (Fsp3) is 0.500. The molecule has 0 aliphatic carbocycles. The Labute approximate surface area is 108 Å². The second-order valence-electron chi connectivity index (χ2n) is 5.04. The Balaban J connectivity index is 2.07. The number of hydrogen-bond donors (Lipinski definition) is 1. The number of hydrogen-bond acceptors (Lipinski definition) is 2. The number of rotatable bonds is 2. The molecule has 1 N–H and O–H groups in total. The summed E-state index contributed by atoms with van der Waals surface area (Å²) < 4.78 is 5.93. The standard InChI is InChI=1S/C14H20N2O2/c1-9-11-7-5-6-8-12(11)18-13(9)10(2)15-14(17)16(3)4/h5-10,13H,1-4H3,(H,15,17)/t9-,10+,13-/m1/s1. The van der Waals surface area contributed by atoms with Gasteiger partial charge in [-0.05, 0) is 13.0 Å². The third kappa shape index (κ3) is 2.28. The quantitative estimate of drug-likeness (QED) is 0.872. The van der Waals surface area contributed by atoms with Crippen LogP contribution in [0.3, 0.4) is 0 Å². The van der Waals surface area contributed by atoms with Crippen LogP contribution in [0.1, 0.15) is 25.3 Å². The average molecular weight is 248 g/mol. The SMILES string of the molecule is C[C@H](NC(=O)N(C)C)[C@@H]1Oc2ccccc2[C@H]1C. The van der Waals surface area contributed by atoms with Gasteiger partial charge >= 0.3 is 6.03 Å². The highest BCUT2D eigenvalue weighted by Crippen LogP contribution is 2.38. The van der Waals surface area contributed by atoms with E-state index in [0.29, 0.717) is 5.92 Å². The van der Waals surface area contributed by atoms with Crippen LogP contribution in [-0.4, -0.2) is 37.2 Å². The van der Waals surface area contributed by atoms with Gasteiger partial charge in [-0.2, -0.15) is 0 Å². The molecule has 0 radical (unpaired) electrons. The van der Waals surface area contributed by atoms with Gasteiger partial charge in [-0.25, -0.2) is 4.79 Å². The molecule has 0 aromatic heterocycles. The van der Waals surface area contributed by atoms with Gasteiger partial charge in [0.1, 0.15) is 11.9 Å². The van der Waals surface area contributed by atoms with Crippen LogP contribution in [0, 0.1) is 0 Å². The smallest absolute Gasteiger partial charge is 0.317 e. The summed E-state index contributed by atoms with van der Waals surface area (Å²) in [6.45, 7) is 4.11. The topological polar surface area (TPSA) is 41.6 Å². The Morgan fingerprint density at radius 1 is 1.39 bits per heavy atom. The van der Waals surface area contributed by atoms with Crippen LogP contribution in [0.25, 0.3) is 0 Å².